The highest BCUT2D eigenvalue weighted by Gasteiger charge is 2.41. The van der Waals surface area contributed by atoms with Crippen LogP contribution in [-0.2, 0) is 19.1 Å². The van der Waals surface area contributed by atoms with E-state index in [4.69, 9.17) is 9.47 Å². The van der Waals surface area contributed by atoms with E-state index in [0.29, 0.717) is 38.1 Å². The van der Waals surface area contributed by atoms with E-state index >= 15 is 0 Å². The third kappa shape index (κ3) is 5.09. The summed E-state index contributed by atoms with van der Waals surface area (Å²) in [6.07, 6.45) is 4.67. The number of imide groups is 1. The van der Waals surface area contributed by atoms with Crippen molar-refractivity contribution in [1.82, 2.24) is 9.80 Å². The maximum Gasteiger partial charge on any atom is 0.338 e. The van der Waals surface area contributed by atoms with E-state index in [9.17, 15) is 24.0 Å². The standard InChI is InChI=1S/C26H32N2O7/c1-3-34-25(32)17-11-13-27(14-12-17)22(29)16(2)35-26(33)18-9-10-20-21(15-18)24(31)28(23(20)30)19-7-5-4-6-8-19/h9-10,15-17,19H,3-8,11-14H2,1-2H3/t16-/m1/s1. The highest BCUT2D eigenvalue weighted by molar-refractivity contribution is 6.22. The first-order valence-electron chi connectivity index (χ1n) is 12.5. The van der Waals surface area contributed by atoms with E-state index < -0.39 is 12.1 Å². The lowest BCUT2D eigenvalue weighted by molar-refractivity contribution is -0.152. The van der Waals surface area contributed by atoms with E-state index in [-0.39, 0.29) is 46.8 Å². The molecule has 1 saturated heterocycles. The molecule has 2 aliphatic heterocycles. The second kappa shape index (κ2) is 10.6. The fourth-order valence-electron chi connectivity index (χ4n) is 5.19. The molecule has 35 heavy (non-hydrogen) atoms. The number of amides is 3. The normalized spacial score (nSPS) is 19.9. The van der Waals surface area contributed by atoms with Crippen LogP contribution in [-0.4, -0.2) is 71.3 Å². The average Bonchev–Trinajstić information content (AvgIpc) is 3.13. The number of rotatable bonds is 6. The molecule has 2 heterocycles. The van der Waals surface area contributed by atoms with Gasteiger partial charge in [-0.25, -0.2) is 4.79 Å². The van der Waals surface area contributed by atoms with Crippen molar-refractivity contribution in [3.8, 4) is 0 Å². The Hall–Kier alpha value is -3.23. The fourth-order valence-corrected chi connectivity index (χ4v) is 5.19. The molecule has 9 nitrogen and oxygen atoms in total. The fraction of sp³-hybridized carbons (Fsp3) is 0.577. The van der Waals surface area contributed by atoms with Gasteiger partial charge in [0.2, 0.25) is 0 Å². The minimum absolute atomic E-state index is 0.0998. The zero-order chi connectivity index (χ0) is 25.1. The van der Waals surface area contributed by atoms with Gasteiger partial charge in [0.05, 0.1) is 29.2 Å². The minimum Gasteiger partial charge on any atom is -0.466 e. The van der Waals surface area contributed by atoms with Crippen LogP contribution < -0.4 is 0 Å². The Morgan fingerprint density at radius 2 is 1.63 bits per heavy atom. The Bertz CT molecular complexity index is 1020. The first kappa shape index (κ1) is 24.9. The van der Waals surface area contributed by atoms with Crippen molar-refractivity contribution in [3.05, 3.63) is 34.9 Å². The zero-order valence-corrected chi connectivity index (χ0v) is 20.3. The van der Waals surface area contributed by atoms with Crippen molar-refractivity contribution >= 4 is 29.7 Å². The molecule has 0 unspecified atom stereocenters. The van der Waals surface area contributed by atoms with Gasteiger partial charge in [0.1, 0.15) is 0 Å². The van der Waals surface area contributed by atoms with Crippen LogP contribution >= 0.6 is 0 Å². The smallest absolute Gasteiger partial charge is 0.338 e. The molecule has 1 saturated carbocycles. The van der Waals surface area contributed by atoms with E-state index in [2.05, 4.69) is 0 Å². The lowest BCUT2D eigenvalue weighted by atomic mass is 9.94. The number of hydrogen-bond donors (Lipinski definition) is 0. The van der Waals surface area contributed by atoms with Gasteiger partial charge in [-0.3, -0.25) is 24.1 Å². The molecule has 0 bridgehead atoms. The van der Waals surface area contributed by atoms with Gasteiger partial charge in [-0.1, -0.05) is 19.3 Å². The second-order valence-corrected chi connectivity index (χ2v) is 9.43. The van der Waals surface area contributed by atoms with Crippen molar-refractivity contribution in [1.29, 1.82) is 0 Å². The lowest BCUT2D eigenvalue weighted by Gasteiger charge is -2.32. The lowest BCUT2D eigenvalue weighted by Crippen LogP contribution is -2.45. The van der Waals surface area contributed by atoms with Crippen LogP contribution in [0.3, 0.4) is 0 Å². The molecule has 0 spiro atoms. The zero-order valence-electron chi connectivity index (χ0n) is 20.3. The summed E-state index contributed by atoms with van der Waals surface area (Å²) in [7, 11) is 0. The summed E-state index contributed by atoms with van der Waals surface area (Å²) in [5, 5.41) is 0. The van der Waals surface area contributed by atoms with Crippen molar-refractivity contribution in [2.75, 3.05) is 19.7 Å². The molecule has 0 radical (unpaired) electrons. The largest absolute Gasteiger partial charge is 0.466 e. The number of fused-ring (bicyclic) bond motifs is 1. The van der Waals surface area contributed by atoms with Gasteiger partial charge in [0, 0.05) is 19.1 Å². The molecule has 1 aliphatic carbocycles. The number of likely N-dealkylation sites (tertiary alicyclic amines) is 1. The summed E-state index contributed by atoms with van der Waals surface area (Å²) in [6.45, 7) is 4.36. The highest BCUT2D eigenvalue weighted by Crippen LogP contribution is 2.31. The third-order valence-corrected chi connectivity index (χ3v) is 7.15. The predicted molar refractivity (Wildman–Crippen MR) is 125 cm³/mol. The quantitative estimate of drug-likeness (QED) is 0.451. The summed E-state index contributed by atoms with van der Waals surface area (Å²) < 4.78 is 10.5. The molecular formula is C26H32N2O7. The predicted octanol–water partition coefficient (Wildman–Crippen LogP) is 2.96. The number of carbonyl (C=O) groups excluding carboxylic acids is 5. The van der Waals surface area contributed by atoms with E-state index in [0.717, 1.165) is 32.1 Å². The Morgan fingerprint density at radius 1 is 0.971 bits per heavy atom. The van der Waals surface area contributed by atoms with Crippen LogP contribution in [0.5, 0.6) is 0 Å². The SMILES string of the molecule is CCOC(=O)C1CCN(C(=O)[C@@H](C)OC(=O)c2ccc3c(c2)C(=O)N(C2CCCCC2)C3=O)CC1. The number of piperidine rings is 1. The van der Waals surface area contributed by atoms with E-state index in [1.54, 1.807) is 11.8 Å². The van der Waals surface area contributed by atoms with Crippen LogP contribution in [0, 0.1) is 5.92 Å². The molecule has 3 aliphatic rings. The third-order valence-electron chi connectivity index (χ3n) is 7.15. The van der Waals surface area contributed by atoms with Crippen LogP contribution in [0.4, 0.5) is 0 Å². The first-order chi connectivity index (χ1) is 16.8. The van der Waals surface area contributed by atoms with Gasteiger partial charge < -0.3 is 14.4 Å². The monoisotopic (exact) mass is 484 g/mol. The van der Waals surface area contributed by atoms with E-state index in [1.165, 1.54) is 30.0 Å². The Kier molecular flexibility index (Phi) is 7.52. The number of benzene rings is 1. The number of ether oxygens (including phenoxy) is 2. The molecular weight excluding hydrogens is 452 g/mol. The first-order valence-corrected chi connectivity index (χ1v) is 12.5. The Morgan fingerprint density at radius 3 is 2.29 bits per heavy atom. The average molecular weight is 485 g/mol. The van der Waals surface area contributed by atoms with Crippen LogP contribution in [0.15, 0.2) is 18.2 Å². The van der Waals surface area contributed by atoms with E-state index in [1.807, 2.05) is 0 Å². The van der Waals surface area contributed by atoms with Gasteiger partial charge in [-0.15, -0.1) is 0 Å². The maximum absolute atomic E-state index is 13.0. The second-order valence-electron chi connectivity index (χ2n) is 9.43. The molecule has 1 atom stereocenters. The molecule has 3 amide bonds. The molecule has 4 rings (SSSR count). The summed E-state index contributed by atoms with van der Waals surface area (Å²) in [6, 6.07) is 4.24. The van der Waals surface area contributed by atoms with Crippen molar-refractivity contribution in [3.63, 3.8) is 0 Å². The molecule has 0 aromatic heterocycles. The molecule has 1 aromatic rings. The van der Waals surface area contributed by atoms with Gasteiger partial charge in [-0.05, 0) is 57.7 Å². The molecule has 188 valence electrons. The van der Waals surface area contributed by atoms with Gasteiger partial charge in [-0.2, -0.15) is 0 Å². The summed E-state index contributed by atoms with van der Waals surface area (Å²) in [4.78, 5) is 66.2. The number of carbonyl (C=O) groups is 5. The summed E-state index contributed by atoms with van der Waals surface area (Å²) >= 11 is 0. The molecule has 2 fully saturated rings. The molecule has 9 heteroatoms. The van der Waals surface area contributed by atoms with Crippen molar-refractivity contribution in [2.45, 2.75) is 70.9 Å². The number of nitrogens with zero attached hydrogens (tertiary/aromatic N) is 2. The summed E-state index contributed by atoms with van der Waals surface area (Å²) in [5.74, 6) is -2.22. The van der Waals surface area contributed by atoms with Crippen molar-refractivity contribution < 1.29 is 33.4 Å². The minimum atomic E-state index is -1.02. The number of esters is 2. The Labute approximate surface area is 204 Å². The van der Waals surface area contributed by atoms with Crippen LogP contribution in [0.2, 0.25) is 0 Å². The van der Waals surface area contributed by atoms with Crippen molar-refractivity contribution in [2.24, 2.45) is 5.92 Å². The topological polar surface area (TPSA) is 110 Å². The van der Waals surface area contributed by atoms with Crippen LogP contribution in [0.1, 0.15) is 89.9 Å². The Balaban J connectivity index is 1.36. The summed E-state index contributed by atoms with van der Waals surface area (Å²) in [5.41, 5.74) is 0.622. The highest BCUT2D eigenvalue weighted by atomic mass is 16.5. The maximum atomic E-state index is 13.0. The van der Waals surface area contributed by atoms with Gasteiger partial charge in [0.25, 0.3) is 17.7 Å². The van der Waals surface area contributed by atoms with Gasteiger partial charge in [0.15, 0.2) is 6.10 Å². The number of hydrogen-bond acceptors (Lipinski definition) is 7. The molecule has 1 aromatic carbocycles. The van der Waals surface area contributed by atoms with Gasteiger partial charge >= 0.3 is 11.9 Å². The van der Waals surface area contributed by atoms with Crippen LogP contribution in [0.25, 0.3) is 0 Å². The molecule has 0 N–H and O–H groups in total.